The Kier molecular flexibility index (Phi) is 4.80. The summed E-state index contributed by atoms with van der Waals surface area (Å²) in [5, 5.41) is 0. The van der Waals surface area contributed by atoms with E-state index in [4.69, 9.17) is 4.98 Å². The summed E-state index contributed by atoms with van der Waals surface area (Å²) in [5.74, 6) is 1.62. The number of fused-ring (bicyclic) bond motifs is 5. The van der Waals surface area contributed by atoms with Crippen molar-refractivity contribution in [3.8, 4) is 11.1 Å². The average molecular weight is 444 g/mol. The minimum absolute atomic E-state index is 0.121. The Morgan fingerprint density at radius 2 is 1.53 bits per heavy atom. The van der Waals surface area contributed by atoms with Gasteiger partial charge in [-0.15, -0.1) is 6.58 Å². The number of pyridine rings is 1. The number of benzene rings is 3. The minimum atomic E-state index is 0.121. The van der Waals surface area contributed by atoms with Gasteiger partial charge in [0.1, 0.15) is 6.17 Å². The molecule has 168 valence electrons. The highest BCUT2D eigenvalue weighted by atomic mass is 15.5. The number of aryl methyl sites for hydroxylation is 2. The van der Waals surface area contributed by atoms with E-state index in [0.717, 1.165) is 17.1 Å². The Morgan fingerprint density at radius 1 is 0.824 bits per heavy atom. The quantitative estimate of drug-likeness (QED) is 0.300. The molecule has 3 heteroatoms. The Bertz CT molecular complexity index is 1370. The second kappa shape index (κ2) is 7.88. The van der Waals surface area contributed by atoms with Gasteiger partial charge in [-0.25, -0.2) is 4.98 Å². The summed E-state index contributed by atoms with van der Waals surface area (Å²) in [6, 6.07) is 28.3. The van der Waals surface area contributed by atoms with Crippen LogP contribution in [-0.4, -0.2) is 11.1 Å². The smallest absolute Gasteiger partial charge is 0.158 e. The van der Waals surface area contributed by atoms with Gasteiger partial charge in [-0.3, -0.25) is 0 Å². The lowest BCUT2D eigenvalue weighted by Crippen LogP contribution is -2.48. The first-order valence-electron chi connectivity index (χ1n) is 12.0. The first kappa shape index (κ1) is 20.7. The number of hydrogen-bond acceptors (Lipinski definition) is 3. The van der Waals surface area contributed by atoms with E-state index in [0.29, 0.717) is 5.92 Å². The molecule has 6 rings (SSSR count). The number of hydrogen-bond donors (Lipinski definition) is 0. The van der Waals surface area contributed by atoms with Crippen molar-refractivity contribution in [2.24, 2.45) is 5.92 Å². The van der Waals surface area contributed by atoms with E-state index >= 15 is 0 Å². The second-order valence-corrected chi connectivity index (χ2v) is 9.50. The van der Waals surface area contributed by atoms with Crippen LogP contribution in [0.2, 0.25) is 0 Å². The van der Waals surface area contributed by atoms with Crippen LogP contribution in [0.3, 0.4) is 0 Å². The van der Waals surface area contributed by atoms with Gasteiger partial charge in [0.05, 0.1) is 5.69 Å². The van der Waals surface area contributed by atoms with E-state index in [1.54, 1.807) is 0 Å². The number of aromatic nitrogens is 1. The summed E-state index contributed by atoms with van der Waals surface area (Å²) in [5.41, 5.74) is 9.87. The van der Waals surface area contributed by atoms with E-state index in [9.17, 15) is 0 Å². The Labute approximate surface area is 202 Å². The fourth-order valence-corrected chi connectivity index (χ4v) is 6.00. The standard InChI is InChI=1S/C31H29N3/c1-5-25-22(4)31-33(24-14-7-6-8-15-24)28-18-23(29-20(2)12-11-13-21(29)3)19-32-30(28)34(31)27-17-10-9-16-26(25)27/h5-19,22,25,31H,1H2,2-4H3. The predicted octanol–water partition coefficient (Wildman–Crippen LogP) is 7.90. The molecule has 0 aliphatic carbocycles. The van der Waals surface area contributed by atoms with Crippen LogP contribution in [0.5, 0.6) is 0 Å². The van der Waals surface area contributed by atoms with Gasteiger partial charge in [0.15, 0.2) is 5.82 Å². The summed E-state index contributed by atoms with van der Waals surface area (Å²) in [7, 11) is 0. The van der Waals surface area contributed by atoms with Crippen LogP contribution in [-0.2, 0) is 0 Å². The van der Waals surface area contributed by atoms with Crippen LogP contribution in [0.25, 0.3) is 11.1 Å². The fraction of sp³-hybridized carbons (Fsp3) is 0.194. The molecule has 3 unspecified atom stereocenters. The van der Waals surface area contributed by atoms with Gasteiger partial charge in [-0.05, 0) is 60.4 Å². The zero-order chi connectivity index (χ0) is 23.4. The van der Waals surface area contributed by atoms with Crippen LogP contribution in [0.1, 0.15) is 29.5 Å². The maximum atomic E-state index is 5.12. The molecule has 2 aliphatic heterocycles. The Balaban J connectivity index is 1.62. The van der Waals surface area contributed by atoms with Crippen molar-refractivity contribution < 1.29 is 0 Å². The molecule has 34 heavy (non-hydrogen) atoms. The van der Waals surface area contributed by atoms with Gasteiger partial charge in [0, 0.05) is 35.0 Å². The fourth-order valence-electron chi connectivity index (χ4n) is 6.00. The molecule has 3 heterocycles. The van der Waals surface area contributed by atoms with Gasteiger partial charge in [-0.2, -0.15) is 0 Å². The predicted molar refractivity (Wildman–Crippen MR) is 142 cm³/mol. The summed E-state index contributed by atoms with van der Waals surface area (Å²) < 4.78 is 0. The van der Waals surface area contributed by atoms with Crippen molar-refractivity contribution in [2.75, 3.05) is 9.80 Å². The van der Waals surface area contributed by atoms with Crippen molar-refractivity contribution >= 4 is 22.9 Å². The molecule has 0 bridgehead atoms. The molecule has 0 amide bonds. The molecular formula is C31H29N3. The molecule has 3 aromatic carbocycles. The lowest BCUT2D eigenvalue weighted by atomic mass is 9.80. The molecule has 2 aliphatic rings. The number of rotatable bonds is 3. The number of para-hydroxylation sites is 2. The number of nitrogens with zero attached hydrogens (tertiary/aromatic N) is 3. The zero-order valence-corrected chi connectivity index (χ0v) is 19.9. The highest BCUT2D eigenvalue weighted by molar-refractivity contribution is 5.90. The molecule has 0 saturated carbocycles. The van der Waals surface area contributed by atoms with Crippen molar-refractivity contribution in [2.45, 2.75) is 32.9 Å². The van der Waals surface area contributed by atoms with Gasteiger partial charge in [0.25, 0.3) is 0 Å². The largest absolute Gasteiger partial charge is 0.317 e. The first-order valence-corrected chi connectivity index (χ1v) is 12.0. The topological polar surface area (TPSA) is 19.4 Å². The summed E-state index contributed by atoms with van der Waals surface area (Å²) in [6.45, 7) is 10.9. The van der Waals surface area contributed by atoms with Crippen molar-refractivity contribution in [3.05, 3.63) is 114 Å². The molecule has 3 atom stereocenters. The van der Waals surface area contributed by atoms with E-state index in [2.05, 4.69) is 122 Å². The van der Waals surface area contributed by atoms with Crippen molar-refractivity contribution in [1.82, 2.24) is 4.98 Å². The summed E-state index contributed by atoms with van der Waals surface area (Å²) in [6.07, 6.45) is 4.28. The molecule has 0 fully saturated rings. The lowest BCUT2D eigenvalue weighted by molar-refractivity contribution is 0.409. The molecule has 0 saturated heterocycles. The number of allylic oxidation sites excluding steroid dienone is 1. The van der Waals surface area contributed by atoms with Crippen LogP contribution in [0.4, 0.5) is 22.9 Å². The lowest BCUT2D eigenvalue weighted by Gasteiger charge is -2.44. The molecular weight excluding hydrogens is 414 g/mol. The van der Waals surface area contributed by atoms with Crippen LogP contribution in [0.15, 0.2) is 97.7 Å². The third kappa shape index (κ3) is 2.93. The summed E-state index contributed by atoms with van der Waals surface area (Å²) in [4.78, 5) is 10.0. The normalized spacial score (nSPS) is 20.5. The van der Waals surface area contributed by atoms with Crippen LogP contribution >= 0.6 is 0 Å². The maximum Gasteiger partial charge on any atom is 0.158 e. The zero-order valence-electron chi connectivity index (χ0n) is 19.9. The molecule has 0 N–H and O–H groups in total. The number of anilines is 4. The van der Waals surface area contributed by atoms with Crippen LogP contribution in [0, 0.1) is 19.8 Å². The van der Waals surface area contributed by atoms with Gasteiger partial charge < -0.3 is 9.80 Å². The first-order chi connectivity index (χ1) is 16.6. The maximum absolute atomic E-state index is 5.12. The van der Waals surface area contributed by atoms with Gasteiger partial charge >= 0.3 is 0 Å². The highest BCUT2D eigenvalue weighted by Crippen LogP contribution is 2.56. The van der Waals surface area contributed by atoms with E-state index in [-0.39, 0.29) is 12.1 Å². The average Bonchev–Trinajstić information content (AvgIpc) is 3.20. The van der Waals surface area contributed by atoms with Crippen LogP contribution < -0.4 is 9.80 Å². The third-order valence-electron chi connectivity index (χ3n) is 7.51. The molecule has 0 spiro atoms. The van der Waals surface area contributed by atoms with E-state index in [1.165, 1.54) is 33.6 Å². The molecule has 0 radical (unpaired) electrons. The monoisotopic (exact) mass is 443 g/mol. The Morgan fingerprint density at radius 3 is 2.26 bits per heavy atom. The van der Waals surface area contributed by atoms with Gasteiger partial charge in [-0.1, -0.05) is 67.6 Å². The Hall–Kier alpha value is -3.85. The minimum Gasteiger partial charge on any atom is -0.317 e. The molecule has 1 aromatic heterocycles. The second-order valence-electron chi connectivity index (χ2n) is 9.50. The SMILES string of the molecule is C=CC1c2ccccc2N2c3ncc(-c4c(C)cccc4C)cc3N(c3ccccc3)C2C1C. The van der Waals surface area contributed by atoms with Crippen molar-refractivity contribution in [1.29, 1.82) is 0 Å². The van der Waals surface area contributed by atoms with Crippen molar-refractivity contribution in [3.63, 3.8) is 0 Å². The molecule has 4 aromatic rings. The van der Waals surface area contributed by atoms with E-state index in [1.807, 2.05) is 6.20 Å². The highest BCUT2D eigenvalue weighted by Gasteiger charge is 2.48. The van der Waals surface area contributed by atoms with E-state index < -0.39 is 0 Å². The molecule has 3 nitrogen and oxygen atoms in total. The van der Waals surface area contributed by atoms with Gasteiger partial charge in [0.2, 0.25) is 0 Å². The summed E-state index contributed by atoms with van der Waals surface area (Å²) >= 11 is 0. The third-order valence-corrected chi connectivity index (χ3v) is 7.51.